The number of ether oxygens (including phenoxy) is 4. The van der Waals surface area contributed by atoms with E-state index >= 15 is 0 Å². The number of benzene rings is 2. The zero-order valence-electron chi connectivity index (χ0n) is 16.6. The molecule has 4 rings (SSSR count). The molecular formula is C25H22O5. The summed E-state index contributed by atoms with van der Waals surface area (Å²) in [6.45, 7) is 5.03. The molecule has 5 nitrogen and oxygen atoms in total. The maximum Gasteiger partial charge on any atom is 0.302 e. The zero-order chi connectivity index (χ0) is 21.2. The lowest BCUT2D eigenvalue weighted by atomic mass is 10.2. The highest BCUT2D eigenvalue weighted by atomic mass is 16.7. The van der Waals surface area contributed by atoms with E-state index in [0.717, 1.165) is 22.6 Å². The number of carbonyl (C=O) groups excluding carboxylic acids is 1. The second kappa shape index (κ2) is 10.5. The molecule has 0 aromatic heterocycles. The average Bonchev–Trinajstić information content (AvgIpc) is 3.08. The molecule has 0 spiro atoms. The second-order valence-corrected chi connectivity index (χ2v) is 6.16. The molecule has 0 bridgehead atoms. The van der Waals surface area contributed by atoms with Gasteiger partial charge in [0, 0.05) is 30.2 Å². The fraction of sp³-hybridized carbons (Fsp3) is 0.0800. The molecule has 152 valence electrons. The summed E-state index contributed by atoms with van der Waals surface area (Å²) in [5, 5.41) is 0. The lowest BCUT2D eigenvalue weighted by Crippen LogP contribution is -2.05. The number of esters is 1. The van der Waals surface area contributed by atoms with Crippen molar-refractivity contribution in [2.75, 3.05) is 6.61 Å². The summed E-state index contributed by atoms with van der Waals surface area (Å²) >= 11 is 0. The van der Waals surface area contributed by atoms with Crippen LogP contribution in [-0.4, -0.2) is 12.6 Å². The quantitative estimate of drug-likeness (QED) is 0.490. The van der Waals surface area contributed by atoms with E-state index in [1.54, 1.807) is 12.2 Å². The van der Waals surface area contributed by atoms with Crippen molar-refractivity contribution in [3.8, 4) is 11.5 Å². The van der Waals surface area contributed by atoms with Gasteiger partial charge in [0.2, 0.25) is 0 Å². The van der Waals surface area contributed by atoms with Crippen molar-refractivity contribution in [3.63, 3.8) is 0 Å². The third-order valence-corrected chi connectivity index (χ3v) is 3.88. The number of hydrogen-bond donors (Lipinski definition) is 0. The Bertz CT molecular complexity index is 956. The van der Waals surface area contributed by atoms with Crippen molar-refractivity contribution in [1.29, 1.82) is 0 Å². The van der Waals surface area contributed by atoms with Crippen LogP contribution in [0.1, 0.15) is 18.1 Å². The highest BCUT2D eigenvalue weighted by Gasteiger charge is 2.14. The van der Waals surface area contributed by atoms with Gasteiger partial charge in [0.25, 0.3) is 11.9 Å². The third-order valence-electron chi connectivity index (χ3n) is 3.88. The van der Waals surface area contributed by atoms with Gasteiger partial charge in [0.15, 0.2) is 0 Å². The highest BCUT2D eigenvalue weighted by Crippen LogP contribution is 2.28. The zero-order valence-corrected chi connectivity index (χ0v) is 16.6. The van der Waals surface area contributed by atoms with Crippen LogP contribution in [0.4, 0.5) is 0 Å². The van der Waals surface area contributed by atoms with E-state index in [9.17, 15) is 4.79 Å². The Morgan fingerprint density at radius 1 is 0.900 bits per heavy atom. The smallest absolute Gasteiger partial charge is 0.302 e. The number of rotatable bonds is 4. The van der Waals surface area contributed by atoms with E-state index in [0.29, 0.717) is 18.5 Å². The van der Waals surface area contributed by atoms with Crippen LogP contribution < -0.4 is 9.47 Å². The van der Waals surface area contributed by atoms with Crippen LogP contribution in [0.2, 0.25) is 0 Å². The summed E-state index contributed by atoms with van der Waals surface area (Å²) in [7, 11) is 0. The Morgan fingerprint density at radius 2 is 1.40 bits per heavy atom. The van der Waals surface area contributed by atoms with Crippen LogP contribution in [0.15, 0.2) is 97.4 Å². The summed E-state index contributed by atoms with van der Waals surface area (Å²) in [4.78, 5) is 9.93. The lowest BCUT2D eigenvalue weighted by molar-refractivity contribution is -0.139. The fourth-order valence-electron chi connectivity index (χ4n) is 2.55. The molecule has 0 aliphatic carbocycles. The Morgan fingerprint density at radius 3 is 1.83 bits per heavy atom. The lowest BCUT2D eigenvalue weighted by Gasteiger charge is -2.14. The van der Waals surface area contributed by atoms with Crippen molar-refractivity contribution < 1.29 is 23.7 Å². The number of carbonyl (C=O) groups is 1. The molecule has 0 saturated carbocycles. The Labute approximate surface area is 175 Å². The molecule has 2 aliphatic rings. The van der Waals surface area contributed by atoms with Crippen LogP contribution in [-0.2, 0) is 14.3 Å². The first-order valence-corrected chi connectivity index (χ1v) is 9.38. The monoisotopic (exact) mass is 402 g/mol. The van der Waals surface area contributed by atoms with E-state index in [-0.39, 0.29) is 5.97 Å². The summed E-state index contributed by atoms with van der Waals surface area (Å²) in [6.07, 6.45) is 12.8. The Kier molecular flexibility index (Phi) is 7.28. The maximum absolute atomic E-state index is 9.93. The van der Waals surface area contributed by atoms with Gasteiger partial charge in [-0.05, 0) is 12.1 Å². The highest BCUT2D eigenvalue weighted by molar-refractivity contribution is 5.66. The van der Waals surface area contributed by atoms with Gasteiger partial charge in [-0.15, -0.1) is 0 Å². The molecule has 2 aromatic rings. The Hall–Kier alpha value is -3.99. The normalized spacial score (nSPS) is 13.2. The molecule has 0 amide bonds. The minimum Gasteiger partial charge on any atom is -0.462 e. The SMILES string of the molecule is C1=Cc2ccccc2OC(OC2=CC=Cc3ccccc3O2)=C1.C=CCOC(C)=O. The number of hydrogen-bond acceptors (Lipinski definition) is 5. The van der Waals surface area contributed by atoms with Gasteiger partial charge in [0.1, 0.15) is 18.1 Å². The molecule has 2 aromatic carbocycles. The molecule has 2 aliphatic heterocycles. The van der Waals surface area contributed by atoms with Crippen LogP contribution in [0.5, 0.6) is 11.5 Å². The molecule has 0 unspecified atom stereocenters. The first-order valence-electron chi connectivity index (χ1n) is 9.38. The second-order valence-electron chi connectivity index (χ2n) is 6.16. The van der Waals surface area contributed by atoms with Crippen molar-refractivity contribution in [1.82, 2.24) is 0 Å². The molecule has 0 fully saturated rings. The molecule has 0 atom stereocenters. The van der Waals surface area contributed by atoms with Crippen molar-refractivity contribution >= 4 is 18.1 Å². The van der Waals surface area contributed by atoms with Gasteiger partial charge in [-0.25, -0.2) is 0 Å². The fourth-order valence-corrected chi connectivity index (χ4v) is 2.55. The standard InChI is InChI=1S/C20H14O3.C5H8O2/c1-3-11-17-15(7-1)9-5-13-19(21-17)23-20-14-6-10-16-8-2-4-12-18(16)22-20;1-3-4-7-5(2)6/h1-14H;3H,1,4H2,2H3. The number of para-hydroxylation sites is 2. The molecule has 0 saturated heterocycles. The number of allylic oxidation sites excluding steroid dienone is 4. The maximum atomic E-state index is 9.93. The molecule has 2 heterocycles. The minimum absolute atomic E-state index is 0.264. The summed E-state index contributed by atoms with van der Waals surface area (Å²) in [6, 6.07) is 15.6. The summed E-state index contributed by atoms with van der Waals surface area (Å²) in [5.74, 6) is 1.96. The molecule has 0 radical (unpaired) electrons. The molecule has 0 N–H and O–H groups in total. The molecule has 5 heteroatoms. The van der Waals surface area contributed by atoms with Gasteiger partial charge >= 0.3 is 5.97 Å². The van der Waals surface area contributed by atoms with Gasteiger partial charge in [-0.3, -0.25) is 4.79 Å². The van der Waals surface area contributed by atoms with Crippen molar-refractivity contribution in [3.05, 3.63) is 109 Å². The molecular weight excluding hydrogens is 380 g/mol. The van der Waals surface area contributed by atoms with Crippen LogP contribution in [0.25, 0.3) is 12.2 Å². The predicted molar refractivity (Wildman–Crippen MR) is 116 cm³/mol. The third kappa shape index (κ3) is 6.01. The van der Waals surface area contributed by atoms with Crippen LogP contribution in [0.3, 0.4) is 0 Å². The molecule has 30 heavy (non-hydrogen) atoms. The Balaban J connectivity index is 0.000000318. The van der Waals surface area contributed by atoms with Crippen LogP contribution in [0, 0.1) is 0 Å². The topological polar surface area (TPSA) is 54.0 Å². The summed E-state index contributed by atoms with van der Waals surface area (Å²) < 4.78 is 21.9. The predicted octanol–water partition coefficient (Wildman–Crippen LogP) is 5.63. The summed E-state index contributed by atoms with van der Waals surface area (Å²) in [5.41, 5.74) is 2.01. The van der Waals surface area contributed by atoms with Crippen molar-refractivity contribution in [2.45, 2.75) is 6.92 Å². The minimum atomic E-state index is -0.264. The van der Waals surface area contributed by atoms with E-state index in [4.69, 9.17) is 14.2 Å². The van der Waals surface area contributed by atoms with Gasteiger partial charge in [0.05, 0.1) is 0 Å². The van der Waals surface area contributed by atoms with E-state index in [1.165, 1.54) is 13.0 Å². The van der Waals surface area contributed by atoms with Crippen LogP contribution >= 0.6 is 0 Å². The first-order chi connectivity index (χ1) is 14.7. The average molecular weight is 402 g/mol. The first kappa shape index (κ1) is 20.7. The van der Waals surface area contributed by atoms with Gasteiger partial charge in [-0.1, -0.05) is 73.4 Å². The van der Waals surface area contributed by atoms with E-state index in [1.807, 2.05) is 72.8 Å². The van der Waals surface area contributed by atoms with Gasteiger partial charge < -0.3 is 18.9 Å². The van der Waals surface area contributed by atoms with Crippen molar-refractivity contribution in [2.24, 2.45) is 0 Å². The van der Waals surface area contributed by atoms with E-state index in [2.05, 4.69) is 11.3 Å². The number of fused-ring (bicyclic) bond motifs is 2. The van der Waals surface area contributed by atoms with E-state index < -0.39 is 0 Å². The largest absolute Gasteiger partial charge is 0.462 e. The van der Waals surface area contributed by atoms with Gasteiger partial charge in [-0.2, -0.15) is 0 Å².